The van der Waals surface area contributed by atoms with Crippen molar-refractivity contribution < 1.29 is 14.3 Å². The Kier molecular flexibility index (Phi) is 9.15. The van der Waals surface area contributed by atoms with Crippen molar-refractivity contribution in [2.75, 3.05) is 0 Å². The van der Waals surface area contributed by atoms with Crippen molar-refractivity contribution >= 4 is 23.6 Å². The minimum atomic E-state index is -0.604. The smallest absolute Gasteiger partial charge is 0.407 e. The molecule has 0 aliphatic heterocycles. The highest BCUT2D eigenvalue weighted by Crippen LogP contribution is 2.17. The van der Waals surface area contributed by atoms with Gasteiger partial charge in [-0.2, -0.15) is 5.10 Å². The van der Waals surface area contributed by atoms with Crippen LogP contribution in [0.2, 0.25) is 5.02 Å². The molecule has 0 fully saturated rings. The first-order valence-electron chi connectivity index (χ1n) is 12.1. The molecule has 1 aromatic carbocycles. The van der Waals surface area contributed by atoms with Gasteiger partial charge in [0, 0.05) is 48.5 Å². The summed E-state index contributed by atoms with van der Waals surface area (Å²) in [5, 5.41) is 13.2. The van der Waals surface area contributed by atoms with Gasteiger partial charge in [0.15, 0.2) is 0 Å². The lowest BCUT2D eigenvalue weighted by molar-refractivity contribution is -0.120. The normalized spacial score (nSPS) is 11.3. The van der Waals surface area contributed by atoms with E-state index in [1.807, 2.05) is 26.0 Å². The third-order valence-corrected chi connectivity index (χ3v) is 5.91. The number of H-pyrrole nitrogens is 1. The van der Waals surface area contributed by atoms with Crippen LogP contribution in [0, 0.1) is 13.8 Å². The summed E-state index contributed by atoms with van der Waals surface area (Å²) >= 11 is 6.17. The second kappa shape index (κ2) is 12.1. The van der Waals surface area contributed by atoms with Gasteiger partial charge in [-0.05, 0) is 75.6 Å². The van der Waals surface area contributed by atoms with Gasteiger partial charge in [-0.25, -0.2) is 4.79 Å². The van der Waals surface area contributed by atoms with Crippen LogP contribution in [0.4, 0.5) is 4.79 Å². The van der Waals surface area contributed by atoms with Crippen molar-refractivity contribution in [1.29, 1.82) is 0 Å². The van der Waals surface area contributed by atoms with Crippen molar-refractivity contribution in [1.82, 2.24) is 25.4 Å². The fourth-order valence-electron chi connectivity index (χ4n) is 3.77. The zero-order valence-corrected chi connectivity index (χ0v) is 22.7. The molecule has 3 aromatic rings. The number of aromatic amines is 1. The van der Waals surface area contributed by atoms with Crippen LogP contribution in [0.3, 0.4) is 0 Å². The van der Waals surface area contributed by atoms with Gasteiger partial charge in [0.25, 0.3) is 5.56 Å². The molecule has 2 heterocycles. The molecule has 0 unspecified atom stereocenters. The minimum Gasteiger partial charge on any atom is -0.444 e. The van der Waals surface area contributed by atoms with E-state index in [4.69, 9.17) is 16.3 Å². The van der Waals surface area contributed by atoms with Crippen LogP contribution in [-0.2, 0) is 42.0 Å². The van der Waals surface area contributed by atoms with Gasteiger partial charge >= 0.3 is 6.09 Å². The first kappa shape index (κ1) is 28.0. The highest BCUT2D eigenvalue weighted by molar-refractivity contribution is 6.30. The molecule has 37 heavy (non-hydrogen) atoms. The van der Waals surface area contributed by atoms with Crippen molar-refractivity contribution in [2.24, 2.45) is 0 Å². The number of hydrogen-bond donors (Lipinski definition) is 3. The maximum absolute atomic E-state index is 13.1. The van der Waals surface area contributed by atoms with Crippen LogP contribution >= 0.6 is 11.6 Å². The number of pyridine rings is 1. The fraction of sp³-hybridized carbons (Fsp3) is 0.407. The first-order chi connectivity index (χ1) is 17.4. The van der Waals surface area contributed by atoms with Crippen LogP contribution in [-0.4, -0.2) is 32.4 Å². The summed E-state index contributed by atoms with van der Waals surface area (Å²) in [5.74, 6) is -0.285. The standard InChI is InChI=1S/C27H34ClN5O4/c1-17-8-10-33(11-9-22-12-18(2)31-32-22)25(35)23(17)14-24(34)29-16-20-13-21(28)7-6-19(20)15-30-26(36)37-27(3,4)5/h6-8,10,12-13H,9,11,14-16H2,1-5H3,(H,29,34)(H,30,36)(H,31,32). The fourth-order valence-corrected chi connectivity index (χ4v) is 3.97. The Bertz CT molecular complexity index is 1320. The van der Waals surface area contributed by atoms with E-state index in [1.165, 1.54) is 0 Å². The van der Waals surface area contributed by atoms with Crippen LogP contribution in [0.25, 0.3) is 0 Å². The molecule has 0 bridgehead atoms. The Hall–Kier alpha value is -3.59. The predicted molar refractivity (Wildman–Crippen MR) is 143 cm³/mol. The van der Waals surface area contributed by atoms with Gasteiger partial charge in [-0.1, -0.05) is 17.7 Å². The number of amides is 2. The second-order valence-corrected chi connectivity index (χ2v) is 10.4. The lowest BCUT2D eigenvalue weighted by Crippen LogP contribution is -2.33. The zero-order valence-electron chi connectivity index (χ0n) is 21.9. The van der Waals surface area contributed by atoms with E-state index in [1.54, 1.807) is 49.7 Å². The molecule has 2 amide bonds. The van der Waals surface area contributed by atoms with Gasteiger partial charge in [0.1, 0.15) is 5.60 Å². The molecule has 3 N–H and O–H groups in total. The lowest BCUT2D eigenvalue weighted by atomic mass is 10.1. The maximum atomic E-state index is 13.1. The third kappa shape index (κ3) is 8.49. The van der Waals surface area contributed by atoms with E-state index in [0.717, 1.165) is 28.1 Å². The highest BCUT2D eigenvalue weighted by Gasteiger charge is 2.17. The van der Waals surface area contributed by atoms with Gasteiger partial charge in [0.2, 0.25) is 5.91 Å². The van der Waals surface area contributed by atoms with Crippen LogP contribution < -0.4 is 16.2 Å². The largest absolute Gasteiger partial charge is 0.444 e. The number of aryl methyl sites for hydroxylation is 4. The van der Waals surface area contributed by atoms with Crippen LogP contribution in [0.15, 0.2) is 41.3 Å². The Morgan fingerprint density at radius 2 is 1.81 bits per heavy atom. The monoisotopic (exact) mass is 527 g/mol. The highest BCUT2D eigenvalue weighted by atomic mass is 35.5. The molecule has 0 aliphatic carbocycles. The molecule has 0 saturated heterocycles. The average Bonchev–Trinajstić information content (AvgIpc) is 3.23. The molecule has 3 rings (SSSR count). The molecule has 0 radical (unpaired) electrons. The first-order valence-corrected chi connectivity index (χ1v) is 12.5. The molecular formula is C27H34ClN5O4. The number of carbonyl (C=O) groups is 2. The lowest BCUT2D eigenvalue weighted by Gasteiger charge is -2.20. The summed E-state index contributed by atoms with van der Waals surface area (Å²) in [6, 6.07) is 9.05. The number of aromatic nitrogens is 3. The molecule has 9 nitrogen and oxygen atoms in total. The Labute approximate surface area is 221 Å². The van der Waals surface area contributed by atoms with Gasteiger partial charge in [-0.3, -0.25) is 14.7 Å². The predicted octanol–water partition coefficient (Wildman–Crippen LogP) is 3.97. The summed E-state index contributed by atoms with van der Waals surface area (Å²) in [6.07, 6.45) is 1.78. The van der Waals surface area contributed by atoms with Gasteiger partial charge < -0.3 is 19.9 Å². The summed E-state index contributed by atoms with van der Waals surface area (Å²) in [5.41, 5.74) is 3.82. The molecule has 198 valence electrons. The Morgan fingerprint density at radius 3 is 2.49 bits per heavy atom. The van der Waals surface area contributed by atoms with Crippen LogP contribution in [0.1, 0.15) is 54.4 Å². The molecule has 0 atom stereocenters. The maximum Gasteiger partial charge on any atom is 0.407 e. The molecule has 0 aliphatic rings. The number of nitrogens with one attached hydrogen (secondary N) is 3. The minimum absolute atomic E-state index is 0.0426. The van der Waals surface area contributed by atoms with Crippen molar-refractivity contribution in [3.8, 4) is 0 Å². The van der Waals surface area contributed by atoms with E-state index >= 15 is 0 Å². The molecular weight excluding hydrogens is 494 g/mol. The molecule has 0 saturated carbocycles. The van der Waals surface area contributed by atoms with Crippen molar-refractivity contribution in [2.45, 2.75) is 72.7 Å². The molecule has 2 aromatic heterocycles. The Morgan fingerprint density at radius 1 is 1.08 bits per heavy atom. The average molecular weight is 528 g/mol. The zero-order chi connectivity index (χ0) is 27.2. The number of alkyl carbamates (subject to hydrolysis) is 1. The van der Waals surface area contributed by atoms with E-state index in [9.17, 15) is 14.4 Å². The Balaban J connectivity index is 1.63. The third-order valence-electron chi connectivity index (χ3n) is 5.67. The number of hydrogen-bond acceptors (Lipinski definition) is 5. The topological polar surface area (TPSA) is 118 Å². The second-order valence-electron chi connectivity index (χ2n) is 9.99. The van der Waals surface area contributed by atoms with E-state index in [2.05, 4.69) is 20.8 Å². The number of ether oxygens (including phenoxy) is 1. The molecule has 0 spiro atoms. The number of benzene rings is 1. The van der Waals surface area contributed by atoms with Gasteiger partial charge in [-0.15, -0.1) is 0 Å². The number of carbonyl (C=O) groups excluding carboxylic acids is 2. The van der Waals surface area contributed by atoms with Crippen LogP contribution in [0.5, 0.6) is 0 Å². The number of halogens is 1. The quantitative estimate of drug-likeness (QED) is 0.389. The SMILES string of the molecule is Cc1cc(CCn2ccc(C)c(CC(=O)NCc3cc(Cl)ccc3CNC(=O)OC(C)(C)C)c2=O)n[nH]1. The van der Waals surface area contributed by atoms with Crippen molar-refractivity contribution in [3.05, 3.63) is 85.5 Å². The van der Waals surface area contributed by atoms with E-state index in [0.29, 0.717) is 23.6 Å². The summed E-state index contributed by atoms with van der Waals surface area (Å²) in [6.45, 7) is 10.0. The summed E-state index contributed by atoms with van der Waals surface area (Å²) < 4.78 is 6.89. The molecule has 10 heteroatoms. The van der Waals surface area contributed by atoms with Gasteiger partial charge in [0.05, 0.1) is 12.1 Å². The number of rotatable bonds is 9. The van der Waals surface area contributed by atoms with Crippen molar-refractivity contribution in [3.63, 3.8) is 0 Å². The summed E-state index contributed by atoms with van der Waals surface area (Å²) in [7, 11) is 0. The number of nitrogens with zero attached hydrogens (tertiary/aromatic N) is 2. The van der Waals surface area contributed by atoms with E-state index < -0.39 is 11.7 Å². The summed E-state index contributed by atoms with van der Waals surface area (Å²) in [4.78, 5) is 37.9. The van der Waals surface area contributed by atoms with E-state index in [-0.39, 0.29) is 31.0 Å².